The van der Waals surface area contributed by atoms with E-state index in [-0.39, 0.29) is 11.7 Å². The molecule has 0 radical (unpaired) electrons. The van der Waals surface area contributed by atoms with Gasteiger partial charge in [-0.15, -0.1) is 0 Å². The van der Waals surface area contributed by atoms with Gasteiger partial charge in [0.15, 0.2) is 0 Å². The van der Waals surface area contributed by atoms with Gasteiger partial charge in [-0.3, -0.25) is 9.89 Å². The Hall–Kier alpha value is -3.67. The zero-order valence-electron chi connectivity index (χ0n) is 16.4. The summed E-state index contributed by atoms with van der Waals surface area (Å²) in [6.07, 6.45) is 0. The minimum Gasteiger partial charge on any atom is -0.368 e. The molecule has 1 saturated heterocycles. The van der Waals surface area contributed by atoms with Crippen LogP contribution in [0.4, 0.5) is 10.1 Å². The third-order valence-corrected chi connectivity index (χ3v) is 5.63. The van der Waals surface area contributed by atoms with Crippen LogP contribution in [0.2, 0.25) is 0 Å². The number of nitrogens with one attached hydrogen (secondary N) is 1. The molecule has 1 N–H and O–H groups in total. The Balaban J connectivity index is 1.31. The van der Waals surface area contributed by atoms with Crippen LogP contribution in [0.5, 0.6) is 0 Å². The molecule has 30 heavy (non-hydrogen) atoms. The van der Waals surface area contributed by atoms with E-state index in [1.807, 2.05) is 35.2 Å². The number of halogens is 1. The van der Waals surface area contributed by atoms with E-state index in [0.717, 1.165) is 27.7 Å². The van der Waals surface area contributed by atoms with Gasteiger partial charge in [-0.05, 0) is 41.1 Å². The average molecular weight is 400 g/mol. The fraction of sp³-hybridized carbons (Fsp3) is 0.167. The monoisotopic (exact) mass is 400 g/mol. The van der Waals surface area contributed by atoms with Crippen LogP contribution in [-0.2, 0) is 0 Å². The maximum atomic E-state index is 13.1. The van der Waals surface area contributed by atoms with Gasteiger partial charge in [0.2, 0.25) is 0 Å². The number of H-pyrrole nitrogens is 1. The van der Waals surface area contributed by atoms with Crippen LogP contribution in [0, 0.1) is 5.82 Å². The summed E-state index contributed by atoms with van der Waals surface area (Å²) in [4.78, 5) is 17.0. The maximum Gasteiger partial charge on any atom is 0.272 e. The molecule has 5 nitrogen and oxygen atoms in total. The second kappa shape index (κ2) is 7.63. The lowest BCUT2D eigenvalue weighted by Crippen LogP contribution is -2.48. The molecule has 1 fully saturated rings. The lowest BCUT2D eigenvalue weighted by molar-refractivity contribution is 0.0741. The predicted molar refractivity (Wildman–Crippen MR) is 116 cm³/mol. The standard InChI is InChI=1S/C24H21FN4O/c25-18-8-10-19(11-9-18)28-12-14-29(15-13-28)24(30)23-16-22(26-27-23)21-7-3-5-17-4-1-2-6-20(17)21/h1-11,16H,12-15H2,(H,26,27). The van der Waals surface area contributed by atoms with Gasteiger partial charge in [0.1, 0.15) is 11.5 Å². The molecule has 0 bridgehead atoms. The highest BCUT2D eigenvalue weighted by Gasteiger charge is 2.24. The predicted octanol–water partition coefficient (Wildman–Crippen LogP) is 4.33. The molecule has 1 aliphatic rings. The van der Waals surface area contributed by atoms with Crippen LogP contribution in [0.1, 0.15) is 10.5 Å². The number of benzene rings is 3. The molecule has 2 heterocycles. The van der Waals surface area contributed by atoms with E-state index in [0.29, 0.717) is 31.9 Å². The van der Waals surface area contributed by atoms with Crippen LogP contribution in [0.3, 0.4) is 0 Å². The highest BCUT2D eigenvalue weighted by Crippen LogP contribution is 2.28. The van der Waals surface area contributed by atoms with Gasteiger partial charge in [0.05, 0.1) is 5.69 Å². The molecule has 0 aliphatic carbocycles. The van der Waals surface area contributed by atoms with Crippen LogP contribution in [-0.4, -0.2) is 47.2 Å². The molecule has 1 amide bonds. The van der Waals surface area contributed by atoms with Crippen molar-refractivity contribution in [1.82, 2.24) is 15.1 Å². The number of aromatic nitrogens is 2. The van der Waals surface area contributed by atoms with E-state index in [9.17, 15) is 9.18 Å². The van der Waals surface area contributed by atoms with Gasteiger partial charge in [-0.25, -0.2) is 4.39 Å². The van der Waals surface area contributed by atoms with Crippen LogP contribution in [0.25, 0.3) is 22.0 Å². The van der Waals surface area contributed by atoms with Crippen molar-refractivity contribution >= 4 is 22.4 Å². The fourth-order valence-electron chi connectivity index (χ4n) is 4.01. The highest BCUT2D eigenvalue weighted by molar-refractivity contribution is 5.98. The number of anilines is 1. The zero-order chi connectivity index (χ0) is 20.5. The number of hydrogen-bond donors (Lipinski definition) is 1. The Morgan fingerprint density at radius 1 is 0.900 bits per heavy atom. The summed E-state index contributed by atoms with van der Waals surface area (Å²) >= 11 is 0. The number of hydrogen-bond acceptors (Lipinski definition) is 3. The van der Waals surface area contributed by atoms with E-state index < -0.39 is 0 Å². The minimum atomic E-state index is -0.242. The van der Waals surface area contributed by atoms with Crippen LogP contribution in [0.15, 0.2) is 72.8 Å². The Morgan fingerprint density at radius 3 is 2.43 bits per heavy atom. The molecule has 1 aliphatic heterocycles. The SMILES string of the molecule is O=C(c1cc(-c2cccc3ccccc23)n[nH]1)N1CCN(c2ccc(F)cc2)CC1. The number of aromatic amines is 1. The van der Waals surface area contributed by atoms with Gasteiger partial charge in [-0.2, -0.15) is 5.10 Å². The maximum absolute atomic E-state index is 13.1. The molecule has 0 atom stereocenters. The first-order valence-corrected chi connectivity index (χ1v) is 10.0. The number of carbonyl (C=O) groups excluding carboxylic acids is 1. The van der Waals surface area contributed by atoms with Crippen LogP contribution < -0.4 is 4.90 Å². The molecule has 0 spiro atoms. The Labute approximate surface area is 173 Å². The number of fused-ring (bicyclic) bond motifs is 1. The second-order valence-corrected chi connectivity index (χ2v) is 7.45. The van der Waals surface area contributed by atoms with E-state index in [2.05, 4.69) is 33.3 Å². The summed E-state index contributed by atoms with van der Waals surface area (Å²) in [7, 11) is 0. The first-order valence-electron chi connectivity index (χ1n) is 10.0. The first kappa shape index (κ1) is 18.4. The Kier molecular flexibility index (Phi) is 4.67. The quantitative estimate of drug-likeness (QED) is 0.557. The van der Waals surface area contributed by atoms with Crippen molar-refractivity contribution in [3.8, 4) is 11.3 Å². The average Bonchev–Trinajstić information content (AvgIpc) is 3.29. The van der Waals surface area contributed by atoms with Gasteiger partial charge >= 0.3 is 0 Å². The number of amides is 1. The molecular weight excluding hydrogens is 379 g/mol. The molecule has 3 aromatic carbocycles. The summed E-state index contributed by atoms with van der Waals surface area (Å²) in [5.74, 6) is -0.290. The molecule has 5 rings (SSSR count). The van der Waals surface area contributed by atoms with Gasteiger partial charge < -0.3 is 9.80 Å². The fourth-order valence-corrected chi connectivity index (χ4v) is 4.01. The van der Waals surface area contributed by atoms with Crippen molar-refractivity contribution in [2.24, 2.45) is 0 Å². The van der Waals surface area contributed by atoms with E-state index in [1.54, 1.807) is 12.1 Å². The lowest BCUT2D eigenvalue weighted by Gasteiger charge is -2.35. The summed E-state index contributed by atoms with van der Waals surface area (Å²) in [6.45, 7) is 2.64. The van der Waals surface area contributed by atoms with E-state index in [1.165, 1.54) is 12.1 Å². The number of nitrogens with zero attached hydrogens (tertiary/aromatic N) is 3. The summed E-state index contributed by atoms with van der Waals surface area (Å²) in [5.41, 5.74) is 3.24. The molecule has 1 aromatic heterocycles. The third kappa shape index (κ3) is 3.41. The van der Waals surface area contributed by atoms with Crippen molar-refractivity contribution in [2.75, 3.05) is 31.1 Å². The van der Waals surface area contributed by atoms with Crippen molar-refractivity contribution in [1.29, 1.82) is 0 Å². The number of rotatable bonds is 3. The van der Waals surface area contributed by atoms with E-state index in [4.69, 9.17) is 0 Å². The third-order valence-electron chi connectivity index (χ3n) is 5.63. The molecular formula is C24H21FN4O. The van der Waals surface area contributed by atoms with Crippen molar-refractivity contribution in [3.05, 3.63) is 84.3 Å². The Bertz CT molecular complexity index is 1190. The minimum absolute atomic E-state index is 0.0484. The largest absolute Gasteiger partial charge is 0.368 e. The van der Waals surface area contributed by atoms with Crippen molar-refractivity contribution < 1.29 is 9.18 Å². The summed E-state index contributed by atoms with van der Waals surface area (Å²) < 4.78 is 13.1. The smallest absolute Gasteiger partial charge is 0.272 e. The molecule has 0 unspecified atom stereocenters. The van der Waals surface area contributed by atoms with E-state index >= 15 is 0 Å². The second-order valence-electron chi connectivity index (χ2n) is 7.45. The first-order chi connectivity index (χ1) is 14.7. The van der Waals surface area contributed by atoms with Crippen molar-refractivity contribution in [3.63, 3.8) is 0 Å². The molecule has 6 heteroatoms. The summed E-state index contributed by atoms with van der Waals surface area (Å²) in [5, 5.41) is 9.57. The summed E-state index contributed by atoms with van der Waals surface area (Å²) in [6, 6.07) is 22.6. The van der Waals surface area contributed by atoms with Gasteiger partial charge in [0, 0.05) is 37.4 Å². The lowest BCUT2D eigenvalue weighted by atomic mass is 10.0. The molecule has 150 valence electrons. The normalized spacial score (nSPS) is 14.3. The zero-order valence-corrected chi connectivity index (χ0v) is 16.4. The number of piperazine rings is 1. The molecule has 4 aromatic rings. The Morgan fingerprint density at radius 2 is 1.63 bits per heavy atom. The molecule has 0 saturated carbocycles. The van der Waals surface area contributed by atoms with Crippen molar-refractivity contribution in [2.45, 2.75) is 0 Å². The highest BCUT2D eigenvalue weighted by atomic mass is 19.1. The van der Waals surface area contributed by atoms with Gasteiger partial charge in [-0.1, -0.05) is 42.5 Å². The van der Waals surface area contributed by atoms with Crippen LogP contribution >= 0.6 is 0 Å². The number of carbonyl (C=O) groups is 1. The van der Waals surface area contributed by atoms with Gasteiger partial charge in [0.25, 0.3) is 5.91 Å². The topological polar surface area (TPSA) is 52.2 Å².